The van der Waals surface area contributed by atoms with Gasteiger partial charge in [-0.25, -0.2) is 13.2 Å². The zero-order valence-corrected chi connectivity index (χ0v) is 16.0. The van der Waals surface area contributed by atoms with Crippen LogP contribution in [0.1, 0.15) is 37.9 Å². The molecule has 1 fully saturated rings. The van der Waals surface area contributed by atoms with E-state index < -0.39 is 17.8 Å². The largest absolute Gasteiger partial charge is 0.309 e. The summed E-state index contributed by atoms with van der Waals surface area (Å²) >= 11 is 0. The number of amides is 1. The molecule has 0 spiro atoms. The van der Waals surface area contributed by atoms with Crippen LogP contribution in [0.2, 0.25) is 0 Å². The van der Waals surface area contributed by atoms with E-state index in [0.717, 1.165) is 30.7 Å². The molecule has 6 heteroatoms. The minimum atomic E-state index is -1.38. The molecule has 3 rings (SSSR count). The van der Waals surface area contributed by atoms with E-state index in [4.69, 9.17) is 0 Å². The molecule has 1 unspecified atom stereocenters. The molecule has 1 aliphatic rings. The zero-order valence-electron chi connectivity index (χ0n) is 16.0. The van der Waals surface area contributed by atoms with Crippen LogP contribution in [0.5, 0.6) is 0 Å². The van der Waals surface area contributed by atoms with Crippen LogP contribution >= 0.6 is 0 Å². The van der Waals surface area contributed by atoms with Gasteiger partial charge in [-0.3, -0.25) is 9.69 Å². The number of nitrogens with zero attached hydrogens (tertiary/aromatic N) is 2. The summed E-state index contributed by atoms with van der Waals surface area (Å²) in [6.07, 6.45) is 0.530. The monoisotopic (exact) mass is 390 g/mol. The van der Waals surface area contributed by atoms with Crippen molar-refractivity contribution in [2.24, 2.45) is 0 Å². The van der Waals surface area contributed by atoms with Crippen LogP contribution in [0.15, 0.2) is 48.5 Å². The van der Waals surface area contributed by atoms with E-state index in [1.54, 1.807) is 0 Å². The first-order valence-electron chi connectivity index (χ1n) is 9.68. The highest BCUT2D eigenvalue weighted by Crippen LogP contribution is 2.27. The first-order chi connectivity index (χ1) is 13.5. The van der Waals surface area contributed by atoms with Gasteiger partial charge in [0.25, 0.3) is 0 Å². The molecule has 150 valence electrons. The molecular formula is C22H25F3N2O. The van der Waals surface area contributed by atoms with E-state index in [9.17, 15) is 18.0 Å². The highest BCUT2D eigenvalue weighted by molar-refractivity contribution is 5.93. The van der Waals surface area contributed by atoms with E-state index in [1.807, 2.05) is 47.1 Å². The van der Waals surface area contributed by atoms with Crippen molar-refractivity contribution in [1.29, 1.82) is 0 Å². The van der Waals surface area contributed by atoms with Crippen molar-refractivity contribution >= 4 is 11.6 Å². The average molecular weight is 390 g/mol. The Labute approximate surface area is 163 Å². The fourth-order valence-corrected chi connectivity index (χ4v) is 3.72. The van der Waals surface area contributed by atoms with E-state index in [2.05, 4.69) is 0 Å². The highest BCUT2D eigenvalue weighted by atomic mass is 19.2. The number of carbonyl (C=O) groups excluding carboxylic acids is 1. The summed E-state index contributed by atoms with van der Waals surface area (Å²) in [5.41, 5.74) is 1.03. The third-order valence-corrected chi connectivity index (χ3v) is 5.25. The molecule has 1 aliphatic heterocycles. The average Bonchev–Trinajstić information content (AvgIpc) is 2.72. The van der Waals surface area contributed by atoms with Gasteiger partial charge in [0.1, 0.15) is 6.17 Å². The fraction of sp³-hybridized carbons (Fsp3) is 0.409. The van der Waals surface area contributed by atoms with Crippen molar-refractivity contribution in [2.45, 2.75) is 38.4 Å². The minimum absolute atomic E-state index is 0.0763. The third kappa shape index (κ3) is 4.73. The summed E-state index contributed by atoms with van der Waals surface area (Å²) in [6.45, 7) is 3.28. The summed E-state index contributed by atoms with van der Waals surface area (Å²) in [5.74, 6) is -1.93. The van der Waals surface area contributed by atoms with Crippen molar-refractivity contribution in [3.8, 4) is 0 Å². The maximum absolute atomic E-state index is 14.5. The van der Waals surface area contributed by atoms with Gasteiger partial charge in [-0.1, -0.05) is 31.2 Å². The highest BCUT2D eigenvalue weighted by Gasteiger charge is 2.29. The Balaban J connectivity index is 1.61. The maximum atomic E-state index is 14.5. The number of carbonyl (C=O) groups is 1. The van der Waals surface area contributed by atoms with Crippen LogP contribution in [0.3, 0.4) is 0 Å². The van der Waals surface area contributed by atoms with Crippen molar-refractivity contribution in [3.63, 3.8) is 0 Å². The summed E-state index contributed by atoms with van der Waals surface area (Å²) in [6, 6.07) is 12.8. The molecular weight excluding hydrogens is 365 g/mol. The third-order valence-electron chi connectivity index (χ3n) is 5.25. The van der Waals surface area contributed by atoms with E-state index in [-0.39, 0.29) is 24.1 Å². The number of benzene rings is 2. The minimum Gasteiger partial charge on any atom is -0.309 e. The van der Waals surface area contributed by atoms with Crippen LogP contribution in [0, 0.1) is 11.6 Å². The van der Waals surface area contributed by atoms with Gasteiger partial charge in [0.15, 0.2) is 11.6 Å². The Bertz CT molecular complexity index is 792. The zero-order chi connectivity index (χ0) is 20.1. The molecule has 1 saturated heterocycles. The predicted octanol–water partition coefficient (Wildman–Crippen LogP) is 4.88. The Morgan fingerprint density at radius 2 is 1.79 bits per heavy atom. The van der Waals surface area contributed by atoms with Crippen molar-refractivity contribution in [3.05, 3.63) is 65.7 Å². The molecule has 2 aromatic rings. The first kappa shape index (κ1) is 20.4. The number of alkyl halides is 1. The van der Waals surface area contributed by atoms with Crippen molar-refractivity contribution < 1.29 is 18.0 Å². The Morgan fingerprint density at radius 3 is 2.39 bits per heavy atom. The molecule has 1 heterocycles. The second kappa shape index (κ2) is 9.24. The number of hydrogen-bond donors (Lipinski definition) is 0. The normalized spacial score (nSPS) is 16.7. The van der Waals surface area contributed by atoms with Crippen LogP contribution in [0.25, 0.3) is 0 Å². The molecule has 28 heavy (non-hydrogen) atoms. The summed E-state index contributed by atoms with van der Waals surface area (Å²) in [7, 11) is 0. The lowest BCUT2D eigenvalue weighted by Gasteiger charge is -2.39. The fourth-order valence-electron chi connectivity index (χ4n) is 3.72. The first-order valence-corrected chi connectivity index (χ1v) is 9.68. The Morgan fingerprint density at radius 1 is 1.11 bits per heavy atom. The molecule has 0 saturated carbocycles. The number of anilines is 1. The Hall–Kier alpha value is -2.34. The van der Waals surface area contributed by atoms with Crippen molar-refractivity contribution in [1.82, 2.24) is 4.90 Å². The summed E-state index contributed by atoms with van der Waals surface area (Å²) in [4.78, 5) is 16.3. The molecule has 3 nitrogen and oxygen atoms in total. The summed E-state index contributed by atoms with van der Waals surface area (Å²) < 4.78 is 40.9. The molecule has 0 aliphatic carbocycles. The smallest absolute Gasteiger partial charge is 0.226 e. The van der Waals surface area contributed by atoms with E-state index in [1.165, 1.54) is 6.07 Å². The van der Waals surface area contributed by atoms with Crippen LogP contribution in [-0.4, -0.2) is 36.5 Å². The standard InChI is InChI=1S/C22H25F3N2O/c1-2-22(28)27(17-6-4-3-5-7-17)18-10-12-26(13-11-18)15-21(25)16-8-9-19(23)20(24)14-16/h3-9,14,18,21H,2,10-13,15H2,1H3. The lowest BCUT2D eigenvalue weighted by molar-refractivity contribution is -0.119. The molecule has 0 N–H and O–H groups in total. The van der Waals surface area contributed by atoms with Crippen LogP contribution in [-0.2, 0) is 4.79 Å². The van der Waals surface area contributed by atoms with Crippen LogP contribution in [0.4, 0.5) is 18.9 Å². The maximum Gasteiger partial charge on any atom is 0.226 e. The van der Waals surface area contributed by atoms with Gasteiger partial charge < -0.3 is 4.90 Å². The predicted molar refractivity (Wildman–Crippen MR) is 104 cm³/mol. The second-order valence-electron chi connectivity index (χ2n) is 7.13. The van der Waals surface area contributed by atoms with E-state index in [0.29, 0.717) is 19.5 Å². The molecule has 0 aromatic heterocycles. The number of hydrogen-bond acceptors (Lipinski definition) is 2. The number of piperidine rings is 1. The van der Waals surface area contributed by atoms with Crippen LogP contribution < -0.4 is 4.90 Å². The second-order valence-corrected chi connectivity index (χ2v) is 7.13. The Kier molecular flexibility index (Phi) is 6.73. The van der Waals surface area contributed by atoms with Gasteiger partial charge in [0.2, 0.25) is 5.91 Å². The molecule has 0 bridgehead atoms. The number of likely N-dealkylation sites (tertiary alicyclic amines) is 1. The molecule has 1 amide bonds. The SMILES string of the molecule is CCC(=O)N(c1ccccc1)C1CCN(CC(F)c2ccc(F)c(F)c2)CC1. The number of rotatable bonds is 6. The molecule has 1 atom stereocenters. The summed E-state index contributed by atoms with van der Waals surface area (Å²) in [5, 5.41) is 0. The number of halogens is 3. The van der Waals surface area contributed by atoms with Gasteiger partial charge in [-0.15, -0.1) is 0 Å². The number of para-hydroxylation sites is 1. The molecule has 2 aromatic carbocycles. The molecule has 0 radical (unpaired) electrons. The van der Waals surface area contributed by atoms with Gasteiger partial charge in [0, 0.05) is 37.8 Å². The lowest BCUT2D eigenvalue weighted by atomic mass is 10.0. The van der Waals surface area contributed by atoms with E-state index >= 15 is 0 Å². The van der Waals surface area contributed by atoms with Gasteiger partial charge in [-0.05, 0) is 42.7 Å². The van der Waals surface area contributed by atoms with Gasteiger partial charge >= 0.3 is 0 Å². The van der Waals surface area contributed by atoms with Gasteiger partial charge in [0.05, 0.1) is 0 Å². The van der Waals surface area contributed by atoms with Crippen molar-refractivity contribution in [2.75, 3.05) is 24.5 Å². The quantitative estimate of drug-likeness (QED) is 0.702. The topological polar surface area (TPSA) is 23.6 Å². The van der Waals surface area contributed by atoms with Gasteiger partial charge in [-0.2, -0.15) is 0 Å². The lowest BCUT2D eigenvalue weighted by Crippen LogP contribution is -2.48.